The van der Waals surface area contributed by atoms with Gasteiger partial charge in [0.15, 0.2) is 5.75 Å². The van der Waals surface area contributed by atoms with Crippen LogP contribution in [0.2, 0.25) is 0 Å². The highest BCUT2D eigenvalue weighted by Gasteiger charge is 2.06. The van der Waals surface area contributed by atoms with E-state index in [1.807, 2.05) is 30.3 Å². The summed E-state index contributed by atoms with van der Waals surface area (Å²) in [5, 5.41) is 5.71. The molecule has 5 heteroatoms. The van der Waals surface area contributed by atoms with E-state index in [4.69, 9.17) is 9.88 Å². The maximum absolute atomic E-state index is 13.4. The zero-order valence-corrected chi connectivity index (χ0v) is 9.78. The lowest BCUT2D eigenvalue weighted by Crippen LogP contribution is -1.99. The van der Waals surface area contributed by atoms with Crippen LogP contribution in [0, 0.1) is 5.95 Å². The van der Waals surface area contributed by atoms with Gasteiger partial charge in [0.1, 0.15) is 11.6 Å². The average molecular weight is 250 g/mol. The van der Waals surface area contributed by atoms with Gasteiger partial charge in [-0.3, -0.25) is 5.14 Å². The molecule has 2 N–H and O–H groups in total. The van der Waals surface area contributed by atoms with Gasteiger partial charge in [-0.05, 0) is 29.6 Å². The third-order valence-corrected chi connectivity index (χ3v) is 2.62. The number of halogens is 1. The summed E-state index contributed by atoms with van der Waals surface area (Å²) in [6.45, 7) is 0.314. The Kier molecular flexibility index (Phi) is 3.95. The van der Waals surface area contributed by atoms with Crippen molar-refractivity contribution in [3.63, 3.8) is 0 Å². The van der Waals surface area contributed by atoms with E-state index in [9.17, 15) is 4.39 Å². The van der Waals surface area contributed by atoms with Crippen LogP contribution in [-0.2, 0) is 6.61 Å². The van der Waals surface area contributed by atoms with Crippen molar-refractivity contribution in [3.8, 4) is 5.75 Å². The van der Waals surface area contributed by atoms with Gasteiger partial charge >= 0.3 is 0 Å². The lowest BCUT2D eigenvalue weighted by molar-refractivity contribution is 0.284. The van der Waals surface area contributed by atoms with Crippen molar-refractivity contribution in [2.45, 2.75) is 11.6 Å². The van der Waals surface area contributed by atoms with Crippen LogP contribution in [0.25, 0.3) is 0 Å². The predicted molar refractivity (Wildman–Crippen MR) is 65.0 cm³/mol. The number of hydrogen-bond acceptors (Lipinski definition) is 4. The Balaban J connectivity index is 2.04. The summed E-state index contributed by atoms with van der Waals surface area (Å²) in [6, 6.07) is 12.7. The highest BCUT2D eigenvalue weighted by Crippen LogP contribution is 2.19. The van der Waals surface area contributed by atoms with Crippen LogP contribution in [0.15, 0.2) is 47.5 Å². The maximum Gasteiger partial charge on any atom is 0.256 e. The van der Waals surface area contributed by atoms with Crippen LogP contribution in [-0.4, -0.2) is 4.98 Å². The lowest BCUT2D eigenvalue weighted by atomic mass is 10.2. The van der Waals surface area contributed by atoms with Gasteiger partial charge in [-0.2, -0.15) is 4.39 Å². The fourth-order valence-electron chi connectivity index (χ4n) is 1.31. The van der Waals surface area contributed by atoms with Crippen molar-refractivity contribution < 1.29 is 9.13 Å². The molecule has 2 aromatic rings. The molecule has 0 saturated carbocycles. The van der Waals surface area contributed by atoms with E-state index < -0.39 is 5.95 Å². The van der Waals surface area contributed by atoms with E-state index in [2.05, 4.69) is 4.98 Å². The number of hydrogen-bond donors (Lipinski definition) is 1. The number of benzene rings is 1. The molecule has 1 heterocycles. The molecule has 0 atom stereocenters. The molecular weight excluding hydrogens is 239 g/mol. The van der Waals surface area contributed by atoms with E-state index in [0.29, 0.717) is 11.6 Å². The van der Waals surface area contributed by atoms with Crippen molar-refractivity contribution in [2.75, 3.05) is 0 Å². The molecule has 0 unspecified atom stereocenters. The first-order chi connectivity index (χ1) is 8.29. The molecular formula is C12H11FN2OS. The largest absolute Gasteiger partial charge is 0.484 e. The Morgan fingerprint density at radius 2 is 1.94 bits per heavy atom. The summed E-state index contributed by atoms with van der Waals surface area (Å²) in [6.07, 6.45) is 0. The Morgan fingerprint density at radius 3 is 2.59 bits per heavy atom. The van der Waals surface area contributed by atoms with Crippen LogP contribution in [0.3, 0.4) is 0 Å². The van der Waals surface area contributed by atoms with Crippen LogP contribution in [0.1, 0.15) is 5.56 Å². The fourth-order valence-corrected chi connectivity index (χ4v) is 1.59. The Morgan fingerprint density at radius 1 is 1.18 bits per heavy atom. The summed E-state index contributed by atoms with van der Waals surface area (Å²) in [7, 11) is 0. The molecule has 3 nitrogen and oxygen atoms in total. The zero-order chi connectivity index (χ0) is 12.1. The molecule has 1 aromatic carbocycles. The Hall–Kier alpha value is -1.59. The van der Waals surface area contributed by atoms with Crippen molar-refractivity contribution in [1.29, 1.82) is 0 Å². The summed E-state index contributed by atoms with van der Waals surface area (Å²) >= 11 is 0.899. The van der Waals surface area contributed by atoms with Gasteiger partial charge in [0, 0.05) is 0 Å². The second kappa shape index (κ2) is 5.65. The van der Waals surface area contributed by atoms with Gasteiger partial charge in [-0.25, -0.2) is 4.98 Å². The maximum atomic E-state index is 13.4. The molecule has 0 aliphatic heterocycles. The van der Waals surface area contributed by atoms with E-state index in [0.717, 1.165) is 17.5 Å². The van der Waals surface area contributed by atoms with Gasteiger partial charge < -0.3 is 4.74 Å². The highest BCUT2D eigenvalue weighted by atomic mass is 32.2. The molecule has 0 radical (unpaired) electrons. The molecule has 0 fully saturated rings. The van der Waals surface area contributed by atoms with Gasteiger partial charge in [-0.1, -0.05) is 30.3 Å². The van der Waals surface area contributed by atoms with Crippen LogP contribution in [0.4, 0.5) is 4.39 Å². The molecule has 0 aliphatic carbocycles. The normalized spacial score (nSPS) is 10.2. The summed E-state index contributed by atoms with van der Waals surface area (Å²) < 4.78 is 18.8. The van der Waals surface area contributed by atoms with Crippen LogP contribution >= 0.6 is 11.9 Å². The second-order valence-electron chi connectivity index (χ2n) is 3.33. The second-order valence-corrected chi connectivity index (χ2v) is 3.98. The van der Waals surface area contributed by atoms with Crippen LogP contribution in [0.5, 0.6) is 5.75 Å². The highest BCUT2D eigenvalue weighted by molar-refractivity contribution is 7.97. The molecule has 0 saturated heterocycles. The summed E-state index contributed by atoms with van der Waals surface area (Å²) in [5.74, 6) is -0.511. The minimum absolute atomic E-state index is 0.131. The van der Waals surface area contributed by atoms with Crippen molar-refractivity contribution in [3.05, 3.63) is 54.0 Å². The minimum Gasteiger partial charge on any atom is -0.484 e. The monoisotopic (exact) mass is 250 g/mol. The first-order valence-electron chi connectivity index (χ1n) is 4.99. The van der Waals surface area contributed by atoms with Crippen molar-refractivity contribution in [2.24, 2.45) is 5.14 Å². The average Bonchev–Trinajstić information content (AvgIpc) is 2.38. The number of ether oxygens (including phenoxy) is 1. The smallest absolute Gasteiger partial charge is 0.256 e. The van der Waals surface area contributed by atoms with Gasteiger partial charge in [-0.15, -0.1) is 0 Å². The standard InChI is InChI=1S/C12H11FN2OS/c13-12-10(6-7-11(15-12)17-14)16-8-9-4-2-1-3-5-9/h1-7H,8,14H2. The van der Waals surface area contributed by atoms with Crippen molar-refractivity contribution >= 4 is 11.9 Å². The Bertz CT molecular complexity index is 493. The topological polar surface area (TPSA) is 48.1 Å². The minimum atomic E-state index is -0.642. The van der Waals surface area contributed by atoms with E-state index >= 15 is 0 Å². The number of aromatic nitrogens is 1. The molecule has 1 aromatic heterocycles. The van der Waals surface area contributed by atoms with E-state index in [-0.39, 0.29) is 5.75 Å². The fraction of sp³-hybridized carbons (Fsp3) is 0.0833. The first-order valence-corrected chi connectivity index (χ1v) is 5.87. The molecule has 0 aliphatic rings. The van der Waals surface area contributed by atoms with Gasteiger partial charge in [0.05, 0.1) is 0 Å². The van der Waals surface area contributed by atoms with Gasteiger partial charge in [0.25, 0.3) is 5.95 Å². The lowest BCUT2D eigenvalue weighted by Gasteiger charge is -2.07. The van der Waals surface area contributed by atoms with Crippen molar-refractivity contribution in [1.82, 2.24) is 4.98 Å². The number of nitrogens with zero attached hydrogens (tertiary/aromatic N) is 1. The Labute approximate surface area is 103 Å². The molecule has 88 valence electrons. The SMILES string of the molecule is NSc1ccc(OCc2ccccc2)c(F)n1. The summed E-state index contributed by atoms with van der Waals surface area (Å²) in [4.78, 5) is 3.65. The molecule has 0 bridgehead atoms. The van der Waals surface area contributed by atoms with Crippen LogP contribution < -0.4 is 9.88 Å². The van der Waals surface area contributed by atoms with E-state index in [1.54, 1.807) is 6.07 Å². The quantitative estimate of drug-likeness (QED) is 0.669. The predicted octanol–water partition coefficient (Wildman–Crippen LogP) is 2.77. The molecule has 2 rings (SSSR count). The van der Waals surface area contributed by atoms with E-state index in [1.165, 1.54) is 6.07 Å². The number of rotatable bonds is 4. The number of pyridine rings is 1. The number of nitrogens with two attached hydrogens (primary N) is 1. The van der Waals surface area contributed by atoms with Gasteiger partial charge in [0.2, 0.25) is 0 Å². The molecule has 0 spiro atoms. The molecule has 0 amide bonds. The third-order valence-electron chi connectivity index (χ3n) is 2.15. The zero-order valence-electron chi connectivity index (χ0n) is 8.97. The molecule has 17 heavy (non-hydrogen) atoms. The summed E-state index contributed by atoms with van der Waals surface area (Å²) in [5.41, 5.74) is 0.976. The third kappa shape index (κ3) is 3.18. The first kappa shape index (κ1) is 11.9.